The average Bonchev–Trinajstić information content (AvgIpc) is 2.82. The number of aliphatic imine (C=N–C) groups is 1. The first-order chi connectivity index (χ1) is 17.0. The molecule has 36 heavy (non-hydrogen) atoms. The minimum Gasteiger partial charge on any atom is -0.493 e. The number of hydrogen-bond acceptors (Lipinski definition) is 8. The molecule has 0 spiro atoms. The number of Topliss-reactive ketones (excluding diaryl/α,β-unsaturated/α-hetero) is 1. The van der Waals surface area contributed by atoms with Crippen molar-refractivity contribution in [3.05, 3.63) is 34.4 Å². The number of ketones is 1. The highest BCUT2D eigenvalue weighted by atomic mass is 16.5. The van der Waals surface area contributed by atoms with Gasteiger partial charge in [0.25, 0.3) is 0 Å². The Morgan fingerprint density at radius 2 is 1.94 bits per heavy atom. The molecule has 0 aromatic heterocycles. The van der Waals surface area contributed by atoms with E-state index in [1.54, 1.807) is 13.2 Å². The van der Waals surface area contributed by atoms with Crippen LogP contribution in [0.1, 0.15) is 70.3 Å². The zero-order valence-electron chi connectivity index (χ0n) is 22.4. The van der Waals surface area contributed by atoms with E-state index in [0.717, 1.165) is 22.4 Å². The van der Waals surface area contributed by atoms with Crippen molar-refractivity contribution in [3.63, 3.8) is 0 Å². The number of rotatable bonds is 9. The Morgan fingerprint density at radius 1 is 1.22 bits per heavy atom. The molecule has 1 aromatic carbocycles. The second-order valence-electron chi connectivity index (χ2n) is 9.98. The second kappa shape index (κ2) is 11.2. The molecule has 0 saturated carbocycles. The highest BCUT2D eigenvalue weighted by Crippen LogP contribution is 2.40. The van der Waals surface area contributed by atoms with Crippen molar-refractivity contribution in [3.8, 4) is 11.5 Å². The molecule has 3 rings (SSSR count). The van der Waals surface area contributed by atoms with Crippen molar-refractivity contribution in [1.82, 2.24) is 5.01 Å². The molecule has 1 atom stereocenters. The largest absolute Gasteiger partial charge is 0.493 e. The van der Waals surface area contributed by atoms with Crippen LogP contribution in [0.5, 0.6) is 11.5 Å². The topological polar surface area (TPSA) is 117 Å². The molecule has 2 aliphatic rings. The molecule has 0 bridgehead atoms. The standard InChI is InChI=1S/C27H38N4O5/c1-8-35-26-17(3)16(2)24-20(29-26)14-23(28)31(30-24)15-21(33)18-12-19(27(4,5)6)25(34-7)22(13-18)36-11-9-10-32/h12-13,20,28,32H,8-11,14-15H2,1-7H3. The van der Waals surface area contributed by atoms with E-state index in [-0.39, 0.29) is 36.2 Å². The minimum atomic E-state index is -0.306. The van der Waals surface area contributed by atoms with Gasteiger partial charge in [0.05, 0.1) is 26.0 Å². The van der Waals surface area contributed by atoms with Crippen LogP contribution in [-0.2, 0) is 10.2 Å². The van der Waals surface area contributed by atoms with Crippen LogP contribution in [0, 0.1) is 5.41 Å². The van der Waals surface area contributed by atoms with E-state index in [2.05, 4.69) is 10.1 Å². The lowest BCUT2D eigenvalue weighted by Crippen LogP contribution is -2.43. The number of aliphatic hydroxyl groups excluding tert-OH is 1. The van der Waals surface area contributed by atoms with Crippen LogP contribution >= 0.6 is 0 Å². The molecule has 9 heteroatoms. The quantitative estimate of drug-likeness (QED) is 0.391. The van der Waals surface area contributed by atoms with Crippen LogP contribution in [-0.4, -0.2) is 72.9 Å². The molecule has 9 nitrogen and oxygen atoms in total. The van der Waals surface area contributed by atoms with Crippen molar-refractivity contribution in [2.45, 2.75) is 65.8 Å². The first kappa shape index (κ1) is 27.4. The van der Waals surface area contributed by atoms with E-state index in [9.17, 15) is 4.79 Å². The van der Waals surface area contributed by atoms with Crippen molar-refractivity contribution in [1.29, 1.82) is 5.41 Å². The lowest BCUT2D eigenvalue weighted by Gasteiger charge is -2.33. The molecule has 1 unspecified atom stereocenters. The fraction of sp³-hybridized carbons (Fsp3) is 0.556. The van der Waals surface area contributed by atoms with Crippen molar-refractivity contribution in [2.75, 3.05) is 33.5 Å². The maximum Gasteiger partial charge on any atom is 0.212 e. The summed E-state index contributed by atoms with van der Waals surface area (Å²) in [4.78, 5) is 18.1. The fourth-order valence-electron chi connectivity index (χ4n) is 4.19. The van der Waals surface area contributed by atoms with Crippen LogP contribution in [0.4, 0.5) is 0 Å². The van der Waals surface area contributed by atoms with Gasteiger partial charge in [0.15, 0.2) is 17.3 Å². The predicted octanol–water partition coefficient (Wildman–Crippen LogP) is 4.13. The Kier molecular flexibility index (Phi) is 8.55. The van der Waals surface area contributed by atoms with Crippen LogP contribution in [0.3, 0.4) is 0 Å². The molecule has 0 saturated heterocycles. The van der Waals surface area contributed by atoms with Crippen molar-refractivity contribution in [2.24, 2.45) is 10.1 Å². The number of benzene rings is 1. The van der Waals surface area contributed by atoms with Crippen LogP contribution in [0.2, 0.25) is 0 Å². The number of carbonyl (C=O) groups is 1. The Balaban J connectivity index is 1.93. The van der Waals surface area contributed by atoms with Crippen molar-refractivity contribution < 1.29 is 24.1 Å². The SMILES string of the molecule is CCOC1=NC2CC(=N)N(CC(=O)c3cc(OCCCO)c(OC)c(C(C)(C)C)c3)N=C2C(C)=C1C. The summed E-state index contributed by atoms with van der Waals surface area (Å²) in [5.41, 5.74) is 3.63. The molecule has 0 radical (unpaired) electrons. The van der Waals surface area contributed by atoms with Gasteiger partial charge in [0, 0.05) is 36.1 Å². The second-order valence-corrected chi connectivity index (χ2v) is 9.98. The molecule has 2 heterocycles. The summed E-state index contributed by atoms with van der Waals surface area (Å²) in [5.74, 6) is 1.68. The number of hydrogen-bond donors (Lipinski definition) is 2. The number of methoxy groups -OCH3 is 1. The summed E-state index contributed by atoms with van der Waals surface area (Å²) in [7, 11) is 1.58. The Hall–Kier alpha value is -3.20. The van der Waals surface area contributed by atoms with E-state index in [4.69, 9.17) is 24.7 Å². The van der Waals surface area contributed by atoms with Gasteiger partial charge in [-0.3, -0.25) is 10.2 Å². The van der Waals surface area contributed by atoms with E-state index in [1.807, 2.05) is 47.6 Å². The number of amidine groups is 1. The number of dihydropyridines is 1. The minimum absolute atomic E-state index is 0.00884. The lowest BCUT2D eigenvalue weighted by atomic mass is 9.84. The number of carbonyl (C=O) groups excluding carboxylic acids is 1. The number of ether oxygens (including phenoxy) is 3. The van der Waals surface area contributed by atoms with E-state index in [1.165, 1.54) is 5.01 Å². The summed E-state index contributed by atoms with van der Waals surface area (Å²) in [5, 5.41) is 23.8. The van der Waals surface area contributed by atoms with Gasteiger partial charge in [-0.2, -0.15) is 5.10 Å². The zero-order valence-corrected chi connectivity index (χ0v) is 22.4. The third-order valence-electron chi connectivity index (χ3n) is 6.31. The molecule has 0 aliphatic carbocycles. The summed E-state index contributed by atoms with van der Waals surface area (Å²) in [6.45, 7) is 12.7. The molecule has 0 fully saturated rings. The molecular weight excluding hydrogens is 460 g/mol. The van der Waals surface area contributed by atoms with E-state index in [0.29, 0.717) is 49.0 Å². The summed E-state index contributed by atoms with van der Waals surface area (Å²) in [6.07, 6.45) is 0.814. The Morgan fingerprint density at radius 3 is 2.56 bits per heavy atom. The normalized spacial score (nSPS) is 17.9. The third kappa shape index (κ3) is 5.78. The van der Waals surface area contributed by atoms with Gasteiger partial charge < -0.3 is 19.3 Å². The maximum absolute atomic E-state index is 13.5. The predicted molar refractivity (Wildman–Crippen MR) is 141 cm³/mol. The van der Waals surface area contributed by atoms with E-state index < -0.39 is 0 Å². The van der Waals surface area contributed by atoms with Gasteiger partial charge in [0.2, 0.25) is 5.90 Å². The maximum atomic E-state index is 13.5. The molecule has 196 valence electrons. The Labute approximate surface area is 213 Å². The Bertz CT molecular complexity index is 1110. The average molecular weight is 499 g/mol. The summed E-state index contributed by atoms with van der Waals surface area (Å²) in [6, 6.07) is 3.22. The lowest BCUT2D eigenvalue weighted by molar-refractivity contribution is 0.0961. The van der Waals surface area contributed by atoms with Crippen LogP contribution in [0.25, 0.3) is 0 Å². The van der Waals surface area contributed by atoms with E-state index >= 15 is 0 Å². The molecule has 1 aromatic rings. The zero-order chi connectivity index (χ0) is 26.6. The van der Waals surface area contributed by atoms with Crippen LogP contribution in [0.15, 0.2) is 33.4 Å². The highest BCUT2D eigenvalue weighted by molar-refractivity contribution is 6.16. The monoisotopic (exact) mass is 498 g/mol. The molecular formula is C27H38N4O5. The highest BCUT2D eigenvalue weighted by Gasteiger charge is 2.34. The first-order valence-corrected chi connectivity index (χ1v) is 12.3. The molecule has 2 aliphatic heterocycles. The number of nitrogens with zero attached hydrogens (tertiary/aromatic N) is 3. The van der Waals surface area contributed by atoms with Gasteiger partial charge in [0.1, 0.15) is 18.4 Å². The van der Waals surface area contributed by atoms with Crippen LogP contribution < -0.4 is 9.47 Å². The number of nitrogens with one attached hydrogen (secondary N) is 1. The fourth-order valence-corrected chi connectivity index (χ4v) is 4.19. The number of fused-ring (bicyclic) bond motifs is 1. The van der Waals surface area contributed by atoms with Gasteiger partial charge in [-0.15, -0.1) is 0 Å². The summed E-state index contributed by atoms with van der Waals surface area (Å²) >= 11 is 0. The third-order valence-corrected chi connectivity index (χ3v) is 6.31. The van der Waals surface area contributed by atoms with Crippen molar-refractivity contribution >= 4 is 23.2 Å². The van der Waals surface area contributed by atoms with Gasteiger partial charge >= 0.3 is 0 Å². The number of hydrazone groups is 1. The summed E-state index contributed by atoms with van der Waals surface area (Å²) < 4.78 is 17.2. The number of aliphatic hydroxyl groups is 1. The van der Waals surface area contributed by atoms with Gasteiger partial charge in [-0.1, -0.05) is 20.8 Å². The molecule has 2 N–H and O–H groups in total. The van der Waals surface area contributed by atoms with Gasteiger partial charge in [-0.25, -0.2) is 10.0 Å². The molecule has 0 amide bonds. The smallest absolute Gasteiger partial charge is 0.212 e. The first-order valence-electron chi connectivity index (χ1n) is 12.3. The van der Waals surface area contributed by atoms with Gasteiger partial charge in [-0.05, 0) is 43.9 Å².